The fraction of sp³-hybridized carbons (Fsp3) is 0.364. The summed E-state index contributed by atoms with van der Waals surface area (Å²) in [4.78, 5) is 24.9. The number of methoxy groups -OCH3 is 1. The second kappa shape index (κ2) is 8.33. The van der Waals surface area contributed by atoms with Crippen LogP contribution < -0.4 is 15.4 Å². The molecule has 2 atom stereocenters. The van der Waals surface area contributed by atoms with E-state index in [1.54, 1.807) is 46.1 Å². The van der Waals surface area contributed by atoms with E-state index in [0.717, 1.165) is 12.0 Å². The van der Waals surface area contributed by atoms with E-state index in [1.165, 1.54) is 0 Å². The molecular formula is C22H25ClN2O4. The van der Waals surface area contributed by atoms with Crippen molar-refractivity contribution in [3.63, 3.8) is 0 Å². The normalized spacial score (nSPS) is 18.0. The van der Waals surface area contributed by atoms with E-state index in [9.17, 15) is 9.59 Å². The van der Waals surface area contributed by atoms with Crippen molar-refractivity contribution in [2.24, 2.45) is 5.92 Å². The molecule has 0 saturated heterocycles. The summed E-state index contributed by atoms with van der Waals surface area (Å²) in [6.45, 7) is 5.36. The number of anilines is 2. The van der Waals surface area contributed by atoms with Crippen LogP contribution in [0.5, 0.6) is 5.75 Å². The van der Waals surface area contributed by atoms with Crippen LogP contribution in [0.15, 0.2) is 42.5 Å². The Morgan fingerprint density at radius 2 is 1.72 bits per heavy atom. The monoisotopic (exact) mass is 416 g/mol. The molecular weight excluding hydrogens is 392 g/mol. The van der Waals surface area contributed by atoms with Gasteiger partial charge >= 0.3 is 6.09 Å². The Bertz CT molecular complexity index is 906. The summed E-state index contributed by atoms with van der Waals surface area (Å²) in [5, 5.41) is 6.27. The predicted octanol–water partition coefficient (Wildman–Crippen LogP) is 5.44. The lowest BCUT2D eigenvalue weighted by Gasteiger charge is -2.20. The highest BCUT2D eigenvalue weighted by molar-refractivity contribution is 6.30. The van der Waals surface area contributed by atoms with Gasteiger partial charge in [0.15, 0.2) is 0 Å². The lowest BCUT2D eigenvalue weighted by Crippen LogP contribution is -2.27. The van der Waals surface area contributed by atoms with Gasteiger partial charge in [-0.1, -0.05) is 23.7 Å². The second-order valence-electron chi connectivity index (χ2n) is 8.03. The van der Waals surface area contributed by atoms with Crippen LogP contribution in [0.25, 0.3) is 0 Å². The molecule has 2 aromatic carbocycles. The Morgan fingerprint density at radius 1 is 1.03 bits per heavy atom. The minimum atomic E-state index is -0.625. The minimum absolute atomic E-state index is 0.106. The molecule has 1 saturated carbocycles. The Balaban J connectivity index is 1.71. The van der Waals surface area contributed by atoms with Gasteiger partial charge in [-0.2, -0.15) is 0 Å². The maximum absolute atomic E-state index is 12.8. The zero-order valence-electron chi connectivity index (χ0n) is 16.9. The summed E-state index contributed by atoms with van der Waals surface area (Å²) < 4.78 is 10.5. The largest absolute Gasteiger partial charge is 0.497 e. The highest BCUT2D eigenvalue weighted by Gasteiger charge is 2.44. The molecule has 3 rings (SSSR count). The van der Waals surface area contributed by atoms with E-state index in [-0.39, 0.29) is 17.7 Å². The number of halogens is 1. The molecule has 154 valence electrons. The fourth-order valence-electron chi connectivity index (χ4n) is 3.06. The molecule has 2 aromatic rings. The van der Waals surface area contributed by atoms with Crippen molar-refractivity contribution >= 4 is 35.0 Å². The zero-order chi connectivity index (χ0) is 21.2. The van der Waals surface area contributed by atoms with Gasteiger partial charge in [-0.15, -0.1) is 0 Å². The van der Waals surface area contributed by atoms with Crippen molar-refractivity contribution < 1.29 is 19.1 Å². The summed E-state index contributed by atoms with van der Waals surface area (Å²) in [7, 11) is 1.54. The van der Waals surface area contributed by atoms with Crippen molar-refractivity contribution in [3.05, 3.63) is 53.1 Å². The molecule has 7 heteroatoms. The van der Waals surface area contributed by atoms with Gasteiger partial charge in [-0.3, -0.25) is 10.1 Å². The molecule has 6 nitrogen and oxygen atoms in total. The number of amides is 2. The molecule has 0 bridgehead atoms. The number of hydrogen-bond donors (Lipinski definition) is 2. The van der Waals surface area contributed by atoms with Crippen molar-refractivity contribution in [1.29, 1.82) is 0 Å². The topological polar surface area (TPSA) is 76.7 Å². The summed E-state index contributed by atoms with van der Waals surface area (Å²) in [5.74, 6) is 0.502. The molecule has 0 aromatic heterocycles. The van der Waals surface area contributed by atoms with Crippen LogP contribution in [0.1, 0.15) is 38.7 Å². The maximum Gasteiger partial charge on any atom is 0.412 e. The Kier molecular flexibility index (Phi) is 6.03. The van der Waals surface area contributed by atoms with Crippen LogP contribution in [0.4, 0.5) is 16.2 Å². The first-order valence-corrected chi connectivity index (χ1v) is 9.78. The van der Waals surface area contributed by atoms with E-state index >= 15 is 0 Å². The van der Waals surface area contributed by atoms with E-state index < -0.39 is 11.7 Å². The second-order valence-corrected chi connectivity index (χ2v) is 8.46. The van der Waals surface area contributed by atoms with Crippen LogP contribution in [0.2, 0.25) is 5.02 Å². The third-order valence-electron chi connectivity index (χ3n) is 4.55. The average Bonchev–Trinajstić information content (AvgIpc) is 3.43. The van der Waals surface area contributed by atoms with Crippen molar-refractivity contribution in [3.8, 4) is 5.75 Å². The SMILES string of the molecule is COc1ccc(NC(=O)OC(C)(C)C)c(NC(=O)C2CC2c2ccc(Cl)cc2)c1. The highest BCUT2D eigenvalue weighted by atomic mass is 35.5. The van der Waals surface area contributed by atoms with Gasteiger partial charge in [0.25, 0.3) is 0 Å². The molecule has 2 amide bonds. The van der Waals surface area contributed by atoms with Crippen LogP contribution in [-0.4, -0.2) is 24.7 Å². The van der Waals surface area contributed by atoms with Gasteiger partial charge in [0.1, 0.15) is 11.4 Å². The highest BCUT2D eigenvalue weighted by Crippen LogP contribution is 2.48. The van der Waals surface area contributed by atoms with Crippen molar-refractivity contribution in [1.82, 2.24) is 0 Å². The zero-order valence-corrected chi connectivity index (χ0v) is 17.7. The molecule has 1 fully saturated rings. The lowest BCUT2D eigenvalue weighted by atomic mass is 10.1. The Labute approximate surface area is 175 Å². The van der Waals surface area contributed by atoms with E-state index in [2.05, 4.69) is 10.6 Å². The van der Waals surface area contributed by atoms with Gasteiger partial charge in [-0.25, -0.2) is 4.79 Å². The van der Waals surface area contributed by atoms with Crippen molar-refractivity contribution in [2.75, 3.05) is 17.7 Å². The number of carbonyl (C=O) groups excluding carboxylic acids is 2. The molecule has 1 aliphatic rings. The van der Waals surface area contributed by atoms with Gasteiger partial charge in [0, 0.05) is 17.0 Å². The Hall–Kier alpha value is -2.73. The van der Waals surface area contributed by atoms with E-state index in [4.69, 9.17) is 21.1 Å². The number of rotatable bonds is 5. The van der Waals surface area contributed by atoms with Crippen LogP contribution in [0.3, 0.4) is 0 Å². The third kappa shape index (κ3) is 5.64. The van der Waals surface area contributed by atoms with E-state index in [0.29, 0.717) is 22.1 Å². The van der Waals surface area contributed by atoms with Gasteiger partial charge in [0.05, 0.1) is 18.5 Å². The van der Waals surface area contributed by atoms with E-state index in [1.807, 2.05) is 24.3 Å². The van der Waals surface area contributed by atoms with Crippen LogP contribution in [0, 0.1) is 5.92 Å². The number of hydrogen-bond acceptors (Lipinski definition) is 4. The first-order chi connectivity index (χ1) is 13.7. The number of ether oxygens (including phenoxy) is 2. The van der Waals surface area contributed by atoms with Crippen molar-refractivity contribution in [2.45, 2.75) is 38.7 Å². The summed E-state index contributed by atoms with van der Waals surface area (Å²) in [5.41, 5.74) is 1.37. The molecule has 2 N–H and O–H groups in total. The van der Waals surface area contributed by atoms with Crippen LogP contribution >= 0.6 is 11.6 Å². The predicted molar refractivity (Wildman–Crippen MR) is 114 cm³/mol. The summed E-state index contributed by atoms with van der Waals surface area (Å²) in [6.07, 6.45) is 0.176. The summed E-state index contributed by atoms with van der Waals surface area (Å²) >= 11 is 5.93. The third-order valence-corrected chi connectivity index (χ3v) is 4.80. The fourth-order valence-corrected chi connectivity index (χ4v) is 3.19. The number of carbonyl (C=O) groups is 2. The molecule has 1 aliphatic carbocycles. The molecule has 0 aliphatic heterocycles. The minimum Gasteiger partial charge on any atom is -0.497 e. The maximum atomic E-state index is 12.8. The average molecular weight is 417 g/mol. The summed E-state index contributed by atoms with van der Waals surface area (Å²) in [6, 6.07) is 12.6. The van der Waals surface area contributed by atoms with Gasteiger partial charge < -0.3 is 14.8 Å². The number of nitrogens with one attached hydrogen (secondary N) is 2. The molecule has 0 heterocycles. The number of benzene rings is 2. The Morgan fingerprint density at radius 3 is 2.34 bits per heavy atom. The van der Waals surface area contributed by atoms with Gasteiger partial charge in [-0.05, 0) is 62.9 Å². The first-order valence-electron chi connectivity index (χ1n) is 9.40. The molecule has 0 spiro atoms. The standard InChI is InChI=1S/C22H25ClN2O4/c1-22(2,3)29-21(27)25-18-10-9-15(28-4)11-19(18)24-20(26)17-12-16(17)13-5-7-14(23)8-6-13/h5-11,16-17H,12H2,1-4H3,(H,24,26)(H,25,27). The molecule has 2 unspecified atom stereocenters. The lowest BCUT2D eigenvalue weighted by molar-refractivity contribution is -0.117. The first kappa shape index (κ1) is 21.0. The smallest absolute Gasteiger partial charge is 0.412 e. The molecule has 29 heavy (non-hydrogen) atoms. The van der Waals surface area contributed by atoms with Gasteiger partial charge in [0.2, 0.25) is 5.91 Å². The quantitative estimate of drug-likeness (QED) is 0.680. The molecule has 0 radical (unpaired) electrons. The van der Waals surface area contributed by atoms with Crippen LogP contribution in [-0.2, 0) is 9.53 Å².